The zero-order valence-corrected chi connectivity index (χ0v) is 12.2. The number of nitrogens with one attached hydrogen (secondary N) is 1. The first-order valence-electron chi connectivity index (χ1n) is 6.24. The molecule has 0 unspecified atom stereocenters. The smallest absolute Gasteiger partial charge is 0.412 e. The molecule has 2 rings (SSSR count). The number of carbonyl (C=O) groups is 1. The minimum Gasteiger partial charge on any atom is -0.453 e. The molecule has 6 nitrogen and oxygen atoms in total. The van der Waals surface area contributed by atoms with E-state index in [1.54, 1.807) is 18.2 Å². The lowest BCUT2D eigenvalue weighted by atomic mass is 10.1. The molecule has 1 N–H and O–H groups in total. The van der Waals surface area contributed by atoms with Crippen molar-refractivity contribution in [3.63, 3.8) is 0 Å². The van der Waals surface area contributed by atoms with Gasteiger partial charge in [-0.05, 0) is 24.1 Å². The number of fused-ring (bicyclic) bond motifs is 1. The highest BCUT2D eigenvalue weighted by Crippen LogP contribution is 2.29. The van der Waals surface area contributed by atoms with Crippen molar-refractivity contribution in [3.8, 4) is 0 Å². The molecular weight excluding hydrogens is 280 g/mol. The van der Waals surface area contributed by atoms with Gasteiger partial charge in [-0.2, -0.15) is 0 Å². The standard InChI is InChI=1S/C13H16N2O4S/c1-3-6-20(17,18)10-5-4-9-7-12(14-11(9)8-10)15-13(16)19-2/h4-5,8H,3,6-7H2,1-2H3,(H,14,15,16). The second-order valence-electron chi connectivity index (χ2n) is 4.46. The van der Waals surface area contributed by atoms with Gasteiger partial charge in [0, 0.05) is 6.42 Å². The van der Waals surface area contributed by atoms with Gasteiger partial charge in [0.25, 0.3) is 0 Å². The average Bonchev–Trinajstić information content (AvgIpc) is 2.79. The van der Waals surface area contributed by atoms with Crippen LogP contribution in [0.1, 0.15) is 18.9 Å². The molecule has 0 atom stereocenters. The van der Waals surface area contributed by atoms with E-state index in [-0.39, 0.29) is 10.6 Å². The molecule has 0 fully saturated rings. The second-order valence-corrected chi connectivity index (χ2v) is 6.57. The van der Waals surface area contributed by atoms with Crippen molar-refractivity contribution in [2.24, 2.45) is 4.99 Å². The first-order chi connectivity index (χ1) is 9.46. The lowest BCUT2D eigenvalue weighted by Crippen LogP contribution is -2.30. The maximum absolute atomic E-state index is 12.0. The molecule has 7 heteroatoms. The van der Waals surface area contributed by atoms with E-state index in [0.29, 0.717) is 24.4 Å². The lowest BCUT2D eigenvalue weighted by Gasteiger charge is -2.04. The van der Waals surface area contributed by atoms with Gasteiger partial charge in [0.15, 0.2) is 9.84 Å². The lowest BCUT2D eigenvalue weighted by molar-refractivity contribution is 0.176. The predicted octanol–water partition coefficient (Wildman–Crippen LogP) is 1.81. The number of benzene rings is 1. The number of amidine groups is 1. The molecule has 0 saturated carbocycles. The zero-order valence-electron chi connectivity index (χ0n) is 11.3. The summed E-state index contributed by atoms with van der Waals surface area (Å²) in [6.07, 6.45) is 0.437. The Kier molecular flexibility index (Phi) is 4.08. The molecule has 0 aliphatic carbocycles. The van der Waals surface area contributed by atoms with E-state index in [1.165, 1.54) is 7.11 Å². The van der Waals surface area contributed by atoms with Crippen molar-refractivity contribution in [2.45, 2.75) is 24.7 Å². The van der Waals surface area contributed by atoms with E-state index in [1.807, 2.05) is 6.92 Å². The van der Waals surface area contributed by atoms with Crippen LogP contribution in [0, 0.1) is 0 Å². The highest BCUT2D eigenvalue weighted by Gasteiger charge is 2.20. The summed E-state index contributed by atoms with van der Waals surface area (Å²) in [5.41, 5.74) is 1.46. The average molecular weight is 296 g/mol. The fourth-order valence-electron chi connectivity index (χ4n) is 1.98. The number of carbonyl (C=O) groups excluding carboxylic acids is 1. The van der Waals surface area contributed by atoms with Crippen LogP contribution in [0.5, 0.6) is 0 Å². The summed E-state index contributed by atoms with van der Waals surface area (Å²) in [6.45, 7) is 1.82. The SMILES string of the molecule is CCCS(=O)(=O)c1ccc2c(c1)N=C(NC(=O)OC)C2. The van der Waals surface area contributed by atoms with Gasteiger partial charge in [0.1, 0.15) is 5.84 Å². The fraction of sp³-hybridized carbons (Fsp3) is 0.385. The largest absolute Gasteiger partial charge is 0.453 e. The summed E-state index contributed by atoms with van der Waals surface area (Å²) in [5.74, 6) is 0.569. The highest BCUT2D eigenvalue weighted by atomic mass is 32.2. The van der Waals surface area contributed by atoms with Crippen LogP contribution in [0.2, 0.25) is 0 Å². The van der Waals surface area contributed by atoms with E-state index in [4.69, 9.17) is 0 Å². The molecule has 0 bridgehead atoms. The summed E-state index contributed by atoms with van der Waals surface area (Å²) in [7, 11) is -1.99. The maximum Gasteiger partial charge on any atom is 0.412 e. The van der Waals surface area contributed by atoms with Gasteiger partial charge in [-0.1, -0.05) is 13.0 Å². The van der Waals surface area contributed by atoms with E-state index < -0.39 is 15.9 Å². The summed E-state index contributed by atoms with van der Waals surface area (Å²) in [5, 5.41) is 2.50. The minimum absolute atomic E-state index is 0.114. The third kappa shape index (κ3) is 2.98. The van der Waals surface area contributed by atoms with E-state index in [9.17, 15) is 13.2 Å². The number of methoxy groups -OCH3 is 1. The molecule has 1 aromatic rings. The van der Waals surface area contributed by atoms with Crippen LogP contribution >= 0.6 is 0 Å². The van der Waals surface area contributed by atoms with Crippen LogP contribution in [0.3, 0.4) is 0 Å². The van der Waals surface area contributed by atoms with E-state index in [0.717, 1.165) is 5.56 Å². The number of hydrogen-bond acceptors (Lipinski definition) is 5. The third-order valence-electron chi connectivity index (χ3n) is 2.93. The van der Waals surface area contributed by atoms with Crippen molar-refractivity contribution >= 4 is 27.5 Å². The Labute approximate surface area is 117 Å². The number of amides is 1. The molecule has 1 heterocycles. The topological polar surface area (TPSA) is 84.8 Å². The van der Waals surface area contributed by atoms with Crippen molar-refractivity contribution in [3.05, 3.63) is 23.8 Å². The van der Waals surface area contributed by atoms with Gasteiger partial charge in [0.2, 0.25) is 0 Å². The van der Waals surface area contributed by atoms with Crippen molar-refractivity contribution < 1.29 is 17.9 Å². The fourth-order valence-corrected chi connectivity index (χ4v) is 3.32. The van der Waals surface area contributed by atoms with Crippen LogP contribution in [0.4, 0.5) is 10.5 Å². The van der Waals surface area contributed by atoms with E-state index >= 15 is 0 Å². The van der Waals surface area contributed by atoms with Gasteiger partial charge in [-0.3, -0.25) is 5.32 Å². The highest BCUT2D eigenvalue weighted by molar-refractivity contribution is 7.91. The van der Waals surface area contributed by atoms with Crippen LogP contribution in [-0.2, 0) is 21.0 Å². The molecule has 1 amide bonds. The molecule has 0 spiro atoms. The summed E-state index contributed by atoms with van der Waals surface area (Å²) < 4.78 is 28.5. The first kappa shape index (κ1) is 14.5. The van der Waals surface area contributed by atoms with Gasteiger partial charge >= 0.3 is 6.09 Å². The van der Waals surface area contributed by atoms with Gasteiger partial charge in [-0.25, -0.2) is 18.2 Å². The van der Waals surface area contributed by atoms with Gasteiger partial charge < -0.3 is 4.74 Å². The Morgan fingerprint density at radius 2 is 2.20 bits per heavy atom. The Morgan fingerprint density at radius 1 is 1.45 bits per heavy atom. The number of aliphatic imine (C=N–C) groups is 1. The molecule has 1 aliphatic rings. The van der Waals surface area contributed by atoms with Gasteiger partial charge in [0.05, 0.1) is 23.4 Å². The Morgan fingerprint density at radius 3 is 2.85 bits per heavy atom. The first-order valence-corrected chi connectivity index (χ1v) is 7.89. The number of ether oxygens (including phenoxy) is 1. The number of hydrogen-bond donors (Lipinski definition) is 1. The normalized spacial score (nSPS) is 13.6. The number of sulfone groups is 1. The number of rotatable bonds is 3. The predicted molar refractivity (Wildman–Crippen MR) is 75.1 cm³/mol. The Bertz CT molecular complexity index is 665. The quantitative estimate of drug-likeness (QED) is 0.922. The van der Waals surface area contributed by atoms with Crippen LogP contribution in [0.15, 0.2) is 28.1 Å². The molecule has 1 aromatic carbocycles. The summed E-state index contributed by atoms with van der Waals surface area (Å²) in [4.78, 5) is 15.6. The molecule has 20 heavy (non-hydrogen) atoms. The third-order valence-corrected chi connectivity index (χ3v) is 4.85. The van der Waals surface area contributed by atoms with Crippen LogP contribution in [-0.4, -0.2) is 33.2 Å². The maximum atomic E-state index is 12.0. The molecule has 0 radical (unpaired) electrons. The Balaban J connectivity index is 2.26. The van der Waals surface area contributed by atoms with Crippen molar-refractivity contribution in [1.29, 1.82) is 0 Å². The van der Waals surface area contributed by atoms with Crippen molar-refractivity contribution in [1.82, 2.24) is 5.32 Å². The Hall–Kier alpha value is -1.89. The van der Waals surface area contributed by atoms with E-state index in [2.05, 4.69) is 15.0 Å². The second kappa shape index (κ2) is 5.62. The van der Waals surface area contributed by atoms with Gasteiger partial charge in [-0.15, -0.1) is 0 Å². The minimum atomic E-state index is -3.26. The van der Waals surface area contributed by atoms with Crippen molar-refractivity contribution in [2.75, 3.05) is 12.9 Å². The van der Waals surface area contributed by atoms with Crippen LogP contribution in [0.25, 0.3) is 0 Å². The molecule has 0 saturated heterocycles. The summed E-state index contributed by atoms with van der Waals surface area (Å²) >= 11 is 0. The summed E-state index contributed by atoms with van der Waals surface area (Å²) in [6, 6.07) is 4.86. The zero-order chi connectivity index (χ0) is 14.8. The molecule has 1 aliphatic heterocycles. The monoisotopic (exact) mass is 296 g/mol. The molecular formula is C13H16N2O4S. The molecule has 108 valence electrons. The number of alkyl carbamates (subject to hydrolysis) is 1. The number of nitrogens with zero attached hydrogens (tertiary/aromatic N) is 1. The van der Waals surface area contributed by atoms with Crippen LogP contribution < -0.4 is 5.32 Å². The molecule has 0 aromatic heterocycles.